The molecule has 5 heteroatoms. The molecule has 1 aromatic rings. The van der Waals surface area contributed by atoms with E-state index < -0.39 is 0 Å². The van der Waals surface area contributed by atoms with Crippen molar-refractivity contribution in [2.24, 2.45) is 5.92 Å². The number of carbonyl (C=O) groups is 1. The number of ether oxygens (including phenoxy) is 2. The summed E-state index contributed by atoms with van der Waals surface area (Å²) in [4.78, 5) is 13.0. The van der Waals surface area contributed by atoms with Gasteiger partial charge in [0.25, 0.3) is 0 Å². The third kappa shape index (κ3) is 5.33. The van der Waals surface area contributed by atoms with Crippen LogP contribution in [0.25, 0.3) is 0 Å². The van der Waals surface area contributed by atoms with E-state index in [1.807, 2.05) is 18.2 Å². The van der Waals surface area contributed by atoms with E-state index >= 15 is 0 Å². The lowest BCUT2D eigenvalue weighted by Crippen LogP contribution is -2.26. The average molecular weight is 349 g/mol. The van der Waals surface area contributed by atoms with Gasteiger partial charge in [-0.3, -0.25) is 4.79 Å². The zero-order valence-electron chi connectivity index (χ0n) is 14.2. The lowest BCUT2D eigenvalue weighted by Gasteiger charge is -2.21. The van der Waals surface area contributed by atoms with Crippen molar-refractivity contribution in [3.63, 3.8) is 0 Å². The maximum absolute atomic E-state index is 12.0. The normalized spacial score (nSPS) is 17.5. The zero-order valence-corrected chi connectivity index (χ0v) is 15.0. The number of carbonyl (C=O) groups excluding carboxylic acids is 1. The number of thioether (sulfide) groups is 1. The Hall–Kier alpha value is -1.36. The number of nitrogens with one attached hydrogen (secondary N) is 1. The van der Waals surface area contributed by atoms with Gasteiger partial charge in [-0.2, -0.15) is 0 Å². The highest BCUT2D eigenvalue weighted by Crippen LogP contribution is 2.34. The highest BCUT2D eigenvalue weighted by molar-refractivity contribution is 8.00. The van der Waals surface area contributed by atoms with Crippen LogP contribution < -0.4 is 14.8 Å². The topological polar surface area (TPSA) is 47.6 Å². The van der Waals surface area contributed by atoms with Crippen LogP contribution in [0.1, 0.15) is 44.9 Å². The fourth-order valence-corrected chi connectivity index (χ4v) is 4.16. The first-order valence-electron chi connectivity index (χ1n) is 9.10. The molecule has 0 aromatic heterocycles. The van der Waals surface area contributed by atoms with Gasteiger partial charge in [0.15, 0.2) is 11.5 Å². The number of amides is 1. The molecule has 1 aliphatic carbocycles. The Bertz CT molecular complexity index is 543. The molecule has 1 fully saturated rings. The van der Waals surface area contributed by atoms with Crippen molar-refractivity contribution in [2.45, 2.75) is 49.8 Å². The summed E-state index contributed by atoms with van der Waals surface area (Å²) in [5, 5.41) is 3.04. The van der Waals surface area contributed by atoms with Crippen molar-refractivity contribution in [1.29, 1.82) is 0 Å². The van der Waals surface area contributed by atoms with Crippen LogP contribution in [0.3, 0.4) is 0 Å². The van der Waals surface area contributed by atoms with Crippen molar-refractivity contribution in [1.82, 2.24) is 5.32 Å². The molecule has 0 atom stereocenters. The average Bonchev–Trinajstić information content (AvgIpc) is 2.64. The van der Waals surface area contributed by atoms with Crippen LogP contribution >= 0.6 is 11.8 Å². The van der Waals surface area contributed by atoms with Crippen molar-refractivity contribution >= 4 is 17.7 Å². The molecule has 1 N–H and O–H groups in total. The molecule has 132 valence electrons. The third-order valence-corrected chi connectivity index (χ3v) is 5.71. The van der Waals surface area contributed by atoms with E-state index in [4.69, 9.17) is 9.47 Å². The summed E-state index contributed by atoms with van der Waals surface area (Å²) >= 11 is 1.54. The first-order valence-corrected chi connectivity index (χ1v) is 10.1. The molecule has 1 aliphatic heterocycles. The van der Waals surface area contributed by atoms with E-state index in [0.29, 0.717) is 19.0 Å². The van der Waals surface area contributed by atoms with Crippen LogP contribution in [0.4, 0.5) is 0 Å². The second kappa shape index (κ2) is 9.21. The summed E-state index contributed by atoms with van der Waals surface area (Å²) < 4.78 is 11.1. The molecule has 0 radical (unpaired) electrons. The summed E-state index contributed by atoms with van der Waals surface area (Å²) in [6.45, 7) is 1.99. The highest BCUT2D eigenvalue weighted by atomic mass is 32.2. The molecule has 0 saturated heterocycles. The van der Waals surface area contributed by atoms with E-state index in [-0.39, 0.29) is 5.91 Å². The first-order chi connectivity index (χ1) is 11.8. The fourth-order valence-electron chi connectivity index (χ4n) is 3.41. The molecular weight excluding hydrogens is 322 g/mol. The molecule has 0 bridgehead atoms. The molecule has 1 aromatic carbocycles. The lowest BCUT2D eigenvalue weighted by molar-refractivity contribution is -0.118. The second-order valence-electron chi connectivity index (χ2n) is 6.59. The molecule has 1 amide bonds. The Labute approximate surface area is 148 Å². The van der Waals surface area contributed by atoms with Crippen molar-refractivity contribution < 1.29 is 14.3 Å². The highest BCUT2D eigenvalue weighted by Gasteiger charge is 2.14. The molecule has 0 spiro atoms. The molecule has 0 unspecified atom stereocenters. The molecular formula is C19H27NO3S. The van der Waals surface area contributed by atoms with E-state index in [1.165, 1.54) is 50.3 Å². The lowest BCUT2D eigenvalue weighted by atomic mass is 9.86. The van der Waals surface area contributed by atoms with Crippen molar-refractivity contribution in [3.05, 3.63) is 18.2 Å². The van der Waals surface area contributed by atoms with Gasteiger partial charge in [0, 0.05) is 11.4 Å². The van der Waals surface area contributed by atoms with Crippen molar-refractivity contribution in [3.8, 4) is 11.5 Å². The predicted molar refractivity (Wildman–Crippen MR) is 97.0 cm³/mol. The van der Waals surface area contributed by atoms with Crippen LogP contribution in [-0.2, 0) is 4.79 Å². The van der Waals surface area contributed by atoms with E-state index in [0.717, 1.165) is 35.3 Å². The molecule has 4 nitrogen and oxygen atoms in total. The largest absolute Gasteiger partial charge is 0.486 e. The van der Waals surface area contributed by atoms with E-state index in [2.05, 4.69) is 5.32 Å². The van der Waals surface area contributed by atoms with Crippen LogP contribution in [0.2, 0.25) is 0 Å². The van der Waals surface area contributed by atoms with Crippen LogP contribution in [-0.4, -0.2) is 31.4 Å². The van der Waals surface area contributed by atoms with Crippen LogP contribution in [0.5, 0.6) is 11.5 Å². The Morgan fingerprint density at radius 2 is 1.92 bits per heavy atom. The Balaban J connectivity index is 1.32. The maximum Gasteiger partial charge on any atom is 0.230 e. The Morgan fingerprint density at radius 3 is 2.75 bits per heavy atom. The molecule has 24 heavy (non-hydrogen) atoms. The smallest absolute Gasteiger partial charge is 0.230 e. The van der Waals surface area contributed by atoms with Gasteiger partial charge in [-0.25, -0.2) is 0 Å². The standard InChI is InChI=1S/C19H27NO3S/c21-19(20-10-4-7-15-5-2-1-3-6-15)14-24-16-8-9-17-18(13-16)23-12-11-22-17/h8-9,13,15H,1-7,10-12,14H2,(H,20,21). The van der Waals surface area contributed by atoms with Gasteiger partial charge in [0.1, 0.15) is 13.2 Å². The van der Waals surface area contributed by atoms with Gasteiger partial charge in [-0.15, -0.1) is 11.8 Å². The quantitative estimate of drug-likeness (QED) is 0.596. The predicted octanol–water partition coefficient (Wildman–Crippen LogP) is 4.03. The summed E-state index contributed by atoms with van der Waals surface area (Å²) in [5.74, 6) is 3.02. The molecule has 3 rings (SSSR count). The van der Waals surface area contributed by atoms with E-state index in [9.17, 15) is 4.79 Å². The van der Waals surface area contributed by atoms with Gasteiger partial charge < -0.3 is 14.8 Å². The number of hydrogen-bond acceptors (Lipinski definition) is 4. The van der Waals surface area contributed by atoms with Gasteiger partial charge in [0.2, 0.25) is 5.91 Å². The SMILES string of the molecule is O=C(CSc1ccc2c(c1)OCCO2)NCCCC1CCCCC1. The number of rotatable bonds is 7. The minimum absolute atomic E-state index is 0.110. The number of benzene rings is 1. The minimum atomic E-state index is 0.110. The molecule has 2 aliphatic rings. The van der Waals surface area contributed by atoms with Gasteiger partial charge in [0.05, 0.1) is 5.75 Å². The van der Waals surface area contributed by atoms with E-state index in [1.54, 1.807) is 0 Å². The third-order valence-electron chi connectivity index (χ3n) is 4.72. The summed E-state index contributed by atoms with van der Waals surface area (Å²) in [7, 11) is 0. The fraction of sp³-hybridized carbons (Fsp3) is 0.632. The van der Waals surface area contributed by atoms with Gasteiger partial charge >= 0.3 is 0 Å². The summed E-state index contributed by atoms with van der Waals surface area (Å²) in [6, 6.07) is 5.85. The Morgan fingerprint density at radius 1 is 1.12 bits per heavy atom. The van der Waals surface area contributed by atoms with Gasteiger partial charge in [-0.1, -0.05) is 32.1 Å². The summed E-state index contributed by atoms with van der Waals surface area (Å²) in [6.07, 6.45) is 9.32. The maximum atomic E-state index is 12.0. The first kappa shape index (κ1) is 17.5. The molecule has 1 heterocycles. The number of hydrogen-bond donors (Lipinski definition) is 1. The van der Waals surface area contributed by atoms with Crippen LogP contribution in [0.15, 0.2) is 23.1 Å². The summed E-state index contributed by atoms with van der Waals surface area (Å²) in [5.41, 5.74) is 0. The van der Waals surface area contributed by atoms with Crippen LogP contribution in [0, 0.1) is 5.92 Å². The van der Waals surface area contributed by atoms with Crippen molar-refractivity contribution in [2.75, 3.05) is 25.5 Å². The van der Waals surface area contributed by atoms with Gasteiger partial charge in [-0.05, 0) is 37.0 Å². The monoisotopic (exact) mass is 349 g/mol. The zero-order chi connectivity index (χ0) is 16.6. The minimum Gasteiger partial charge on any atom is -0.486 e. The Kier molecular flexibility index (Phi) is 6.70. The molecule has 1 saturated carbocycles. The second-order valence-corrected chi connectivity index (χ2v) is 7.64. The number of fused-ring (bicyclic) bond motifs is 1.